The molecule has 2 N–H and O–H groups in total. The molecule has 1 aromatic carbocycles. The second kappa shape index (κ2) is 8.08. The summed E-state index contributed by atoms with van der Waals surface area (Å²) < 4.78 is 0. The van der Waals surface area contributed by atoms with Crippen LogP contribution >= 0.6 is 11.3 Å². The lowest BCUT2D eigenvalue weighted by Crippen LogP contribution is -2.46. The van der Waals surface area contributed by atoms with Crippen molar-refractivity contribution < 1.29 is 14.7 Å². The number of amides is 2. The van der Waals surface area contributed by atoms with Gasteiger partial charge in [-0.2, -0.15) is 11.3 Å². The highest BCUT2D eigenvalue weighted by Gasteiger charge is 2.23. The molecule has 0 aliphatic heterocycles. The molecule has 0 aliphatic rings. The Morgan fingerprint density at radius 3 is 2.50 bits per heavy atom. The van der Waals surface area contributed by atoms with Gasteiger partial charge in [-0.05, 0) is 30.9 Å². The summed E-state index contributed by atoms with van der Waals surface area (Å²) in [7, 11) is 0. The molecule has 24 heavy (non-hydrogen) atoms. The highest BCUT2D eigenvalue weighted by Crippen LogP contribution is 2.11. The second-order valence-electron chi connectivity index (χ2n) is 6.24. The molecule has 1 heterocycles. The van der Waals surface area contributed by atoms with Crippen LogP contribution in [0.1, 0.15) is 29.8 Å². The summed E-state index contributed by atoms with van der Waals surface area (Å²) in [6, 6.07) is 11.3. The first-order valence-electron chi connectivity index (χ1n) is 7.69. The van der Waals surface area contributed by atoms with Crippen molar-refractivity contribution in [1.29, 1.82) is 0 Å². The molecular formula is C18H22N2O3S. The lowest BCUT2D eigenvalue weighted by Gasteiger charge is -2.29. The summed E-state index contributed by atoms with van der Waals surface area (Å²) in [5, 5.41) is 16.2. The van der Waals surface area contributed by atoms with Crippen LogP contribution in [-0.2, 0) is 11.3 Å². The van der Waals surface area contributed by atoms with Gasteiger partial charge < -0.3 is 15.3 Å². The molecular weight excluding hydrogens is 324 g/mol. The van der Waals surface area contributed by atoms with Gasteiger partial charge in [-0.1, -0.05) is 30.3 Å². The molecule has 2 rings (SSSR count). The van der Waals surface area contributed by atoms with Crippen molar-refractivity contribution in [3.8, 4) is 0 Å². The lowest BCUT2D eigenvalue weighted by atomic mass is 10.1. The van der Waals surface area contributed by atoms with Crippen LogP contribution in [0.4, 0.5) is 0 Å². The molecule has 0 saturated carbocycles. The number of aliphatic hydroxyl groups is 1. The van der Waals surface area contributed by atoms with E-state index >= 15 is 0 Å². The lowest BCUT2D eigenvalue weighted by molar-refractivity contribution is -0.133. The molecule has 0 bridgehead atoms. The fourth-order valence-corrected chi connectivity index (χ4v) is 2.90. The number of rotatable bonds is 7. The molecule has 0 radical (unpaired) electrons. The molecule has 1 aromatic heterocycles. The zero-order valence-corrected chi connectivity index (χ0v) is 14.7. The van der Waals surface area contributed by atoms with Crippen LogP contribution in [-0.4, -0.2) is 40.5 Å². The molecule has 0 aliphatic carbocycles. The summed E-state index contributed by atoms with van der Waals surface area (Å²) in [6.07, 6.45) is 0. The van der Waals surface area contributed by atoms with E-state index in [1.165, 1.54) is 11.3 Å². The monoisotopic (exact) mass is 346 g/mol. The van der Waals surface area contributed by atoms with E-state index in [1.54, 1.807) is 30.2 Å². The smallest absolute Gasteiger partial charge is 0.252 e. The van der Waals surface area contributed by atoms with Crippen LogP contribution < -0.4 is 5.32 Å². The minimum atomic E-state index is -1.01. The van der Waals surface area contributed by atoms with Gasteiger partial charge in [0.05, 0.1) is 12.1 Å². The van der Waals surface area contributed by atoms with E-state index in [0.717, 1.165) is 5.56 Å². The van der Waals surface area contributed by atoms with Crippen LogP contribution in [0.15, 0.2) is 47.2 Å². The van der Waals surface area contributed by atoms with Gasteiger partial charge in [-0.3, -0.25) is 9.59 Å². The molecule has 5 nitrogen and oxygen atoms in total. The fourth-order valence-electron chi connectivity index (χ4n) is 2.27. The number of carbonyl (C=O) groups excluding carboxylic acids is 2. The highest BCUT2D eigenvalue weighted by atomic mass is 32.1. The van der Waals surface area contributed by atoms with Gasteiger partial charge >= 0.3 is 0 Å². The number of thiophene rings is 1. The van der Waals surface area contributed by atoms with Crippen molar-refractivity contribution in [3.05, 3.63) is 58.3 Å². The standard InChI is InChI=1S/C18H22N2O3S/c1-18(2,23)13-20(11-14-6-4-3-5-7-14)16(21)10-19-17(22)15-8-9-24-12-15/h3-9,12,23H,10-11,13H2,1-2H3,(H,19,22). The average molecular weight is 346 g/mol. The fraction of sp³-hybridized carbons (Fsp3) is 0.333. The van der Waals surface area contributed by atoms with Crippen molar-refractivity contribution in [1.82, 2.24) is 10.2 Å². The third kappa shape index (κ3) is 5.79. The molecule has 0 spiro atoms. The van der Waals surface area contributed by atoms with Crippen LogP contribution in [0.3, 0.4) is 0 Å². The SMILES string of the molecule is CC(C)(O)CN(Cc1ccccc1)C(=O)CNC(=O)c1ccsc1. The minimum Gasteiger partial charge on any atom is -0.389 e. The van der Waals surface area contributed by atoms with Crippen LogP contribution in [0.25, 0.3) is 0 Å². The normalized spacial score (nSPS) is 11.1. The maximum absolute atomic E-state index is 12.5. The first kappa shape index (κ1) is 18.2. The number of carbonyl (C=O) groups is 2. The van der Waals surface area contributed by atoms with E-state index in [4.69, 9.17) is 0 Å². The van der Waals surface area contributed by atoms with Crippen LogP contribution in [0, 0.1) is 0 Å². The van der Waals surface area contributed by atoms with Crippen LogP contribution in [0.2, 0.25) is 0 Å². The van der Waals surface area contributed by atoms with E-state index in [0.29, 0.717) is 12.1 Å². The van der Waals surface area contributed by atoms with E-state index in [2.05, 4.69) is 5.32 Å². The van der Waals surface area contributed by atoms with Gasteiger partial charge in [0.25, 0.3) is 5.91 Å². The van der Waals surface area contributed by atoms with Gasteiger partial charge in [0.1, 0.15) is 0 Å². The Morgan fingerprint density at radius 1 is 1.21 bits per heavy atom. The van der Waals surface area contributed by atoms with E-state index < -0.39 is 5.60 Å². The average Bonchev–Trinajstić information content (AvgIpc) is 3.06. The zero-order chi connectivity index (χ0) is 17.6. The molecule has 0 atom stereocenters. The quantitative estimate of drug-likeness (QED) is 0.808. The molecule has 0 saturated heterocycles. The Bertz CT molecular complexity index is 663. The summed E-state index contributed by atoms with van der Waals surface area (Å²) in [6.45, 7) is 3.79. The van der Waals surface area contributed by atoms with E-state index in [-0.39, 0.29) is 24.9 Å². The van der Waals surface area contributed by atoms with Gasteiger partial charge in [0.2, 0.25) is 5.91 Å². The predicted octanol–water partition coefficient (Wildman–Crippen LogP) is 2.28. The Kier molecular flexibility index (Phi) is 6.11. The number of nitrogens with one attached hydrogen (secondary N) is 1. The van der Waals surface area contributed by atoms with Crippen LogP contribution in [0.5, 0.6) is 0 Å². The Morgan fingerprint density at radius 2 is 1.92 bits per heavy atom. The summed E-state index contributed by atoms with van der Waals surface area (Å²) in [5.74, 6) is -0.503. The van der Waals surface area contributed by atoms with Gasteiger partial charge in [-0.25, -0.2) is 0 Å². The first-order chi connectivity index (χ1) is 11.3. The summed E-state index contributed by atoms with van der Waals surface area (Å²) in [5.41, 5.74) is 0.506. The zero-order valence-electron chi connectivity index (χ0n) is 13.9. The van der Waals surface area contributed by atoms with Crippen molar-refractivity contribution in [3.63, 3.8) is 0 Å². The Balaban J connectivity index is 1.99. The number of benzene rings is 1. The van der Waals surface area contributed by atoms with Gasteiger partial charge in [0, 0.05) is 24.0 Å². The number of nitrogens with zero attached hydrogens (tertiary/aromatic N) is 1. The highest BCUT2D eigenvalue weighted by molar-refractivity contribution is 7.08. The molecule has 2 aromatic rings. The summed E-state index contributed by atoms with van der Waals surface area (Å²) in [4.78, 5) is 26.0. The number of hydrogen-bond acceptors (Lipinski definition) is 4. The predicted molar refractivity (Wildman–Crippen MR) is 94.8 cm³/mol. The van der Waals surface area contributed by atoms with E-state index in [1.807, 2.05) is 35.7 Å². The second-order valence-corrected chi connectivity index (χ2v) is 7.02. The van der Waals surface area contributed by atoms with Crippen molar-refractivity contribution in [2.45, 2.75) is 26.0 Å². The van der Waals surface area contributed by atoms with Crippen molar-refractivity contribution in [2.75, 3.05) is 13.1 Å². The number of hydrogen-bond donors (Lipinski definition) is 2. The molecule has 2 amide bonds. The van der Waals surface area contributed by atoms with Crippen molar-refractivity contribution >= 4 is 23.2 Å². The maximum atomic E-state index is 12.5. The minimum absolute atomic E-state index is 0.0996. The third-order valence-electron chi connectivity index (χ3n) is 3.33. The molecule has 6 heteroatoms. The van der Waals surface area contributed by atoms with Gasteiger partial charge in [-0.15, -0.1) is 0 Å². The third-order valence-corrected chi connectivity index (χ3v) is 4.01. The van der Waals surface area contributed by atoms with Gasteiger partial charge in [0.15, 0.2) is 0 Å². The largest absolute Gasteiger partial charge is 0.389 e. The molecule has 0 fully saturated rings. The molecule has 0 unspecified atom stereocenters. The van der Waals surface area contributed by atoms with Crippen molar-refractivity contribution in [2.24, 2.45) is 0 Å². The summed E-state index contributed by atoms with van der Waals surface area (Å²) >= 11 is 1.43. The topological polar surface area (TPSA) is 69.6 Å². The first-order valence-corrected chi connectivity index (χ1v) is 8.64. The van der Waals surface area contributed by atoms with E-state index in [9.17, 15) is 14.7 Å². The maximum Gasteiger partial charge on any atom is 0.252 e. The Hall–Kier alpha value is -2.18. The molecule has 128 valence electrons. The Labute approximate surface area is 145 Å².